The van der Waals surface area contributed by atoms with Crippen LogP contribution in [0.5, 0.6) is 0 Å². The van der Waals surface area contributed by atoms with Gasteiger partial charge >= 0.3 is 17.2 Å². The molecule has 0 bridgehead atoms. The van der Waals surface area contributed by atoms with Crippen LogP contribution in [0.25, 0.3) is 0 Å². The number of hydrogen-bond donors (Lipinski definition) is 2. The second-order valence-corrected chi connectivity index (χ2v) is 5.59. The molecule has 0 aliphatic carbocycles. The lowest BCUT2D eigenvalue weighted by atomic mass is 9.96. The zero-order valence-corrected chi connectivity index (χ0v) is 13.7. The van der Waals surface area contributed by atoms with E-state index in [9.17, 15) is 50.6 Å². The maximum atomic E-state index is 11.8. The molecule has 1 heterocycles. The Morgan fingerprint density at radius 1 is 0.857 bits per heavy atom. The molecule has 0 aromatic heterocycles. The van der Waals surface area contributed by atoms with Gasteiger partial charge in [0.25, 0.3) is 0 Å². The van der Waals surface area contributed by atoms with Crippen molar-refractivity contribution in [1.82, 2.24) is 5.43 Å². The Hall–Kier alpha value is -4.06. The van der Waals surface area contributed by atoms with Crippen LogP contribution in [0.1, 0.15) is 5.56 Å². The maximum absolute atomic E-state index is 11.8. The van der Waals surface area contributed by atoms with E-state index in [2.05, 4.69) is 0 Å². The monoisotopic (exact) mass is 402 g/mol. The summed E-state index contributed by atoms with van der Waals surface area (Å²) in [5.41, 5.74) is 1.63. The third-order valence-electron chi connectivity index (χ3n) is 4.30. The van der Waals surface area contributed by atoms with Crippen molar-refractivity contribution in [3.63, 3.8) is 0 Å². The number of para-hydroxylation sites is 1. The van der Waals surface area contributed by atoms with Gasteiger partial charge in [0.15, 0.2) is 0 Å². The first-order chi connectivity index (χ1) is 12.8. The summed E-state index contributed by atoms with van der Waals surface area (Å²) in [5, 5.41) is 58.0. The highest BCUT2D eigenvalue weighted by Crippen LogP contribution is 2.46. The van der Waals surface area contributed by atoms with Gasteiger partial charge in [-0.15, -0.1) is 0 Å². The molecular formula is C10H10N8O10. The predicted octanol–water partition coefficient (Wildman–Crippen LogP) is -1.33. The largest absolute Gasteiger partial charge is 0.660 e. The van der Waals surface area contributed by atoms with Crippen molar-refractivity contribution in [2.75, 3.05) is 5.01 Å². The normalized spacial score (nSPS) is 22.4. The summed E-state index contributed by atoms with van der Waals surface area (Å²) in [6.45, 7) is 1.25. The van der Waals surface area contributed by atoms with Gasteiger partial charge in [0.1, 0.15) is 19.7 Å². The first-order valence-electron chi connectivity index (χ1n) is 6.98. The van der Waals surface area contributed by atoms with Gasteiger partial charge in [0.2, 0.25) is 0 Å². The van der Waals surface area contributed by atoms with Crippen molar-refractivity contribution in [1.29, 1.82) is 0 Å². The highest BCUT2D eigenvalue weighted by molar-refractivity contribution is 5.55. The average Bonchev–Trinajstić information content (AvgIpc) is 2.84. The van der Waals surface area contributed by atoms with Crippen LogP contribution in [0.15, 0.2) is 24.3 Å². The van der Waals surface area contributed by atoms with E-state index in [0.29, 0.717) is 0 Å². The molecule has 0 spiro atoms. The average molecular weight is 402 g/mol. The van der Waals surface area contributed by atoms with Gasteiger partial charge in [-0.2, -0.15) is 5.01 Å². The van der Waals surface area contributed by atoms with E-state index in [1.807, 2.05) is 0 Å². The maximum Gasteiger partial charge on any atom is 0.660 e. The lowest BCUT2D eigenvalue weighted by molar-refractivity contribution is -0.906. The van der Waals surface area contributed by atoms with Crippen molar-refractivity contribution in [3.05, 3.63) is 80.4 Å². The number of hydrogen-bond acceptors (Lipinski definition) is 13. The Labute approximate surface area is 152 Å². The van der Waals surface area contributed by atoms with E-state index in [-0.39, 0.29) is 10.6 Å². The highest BCUT2D eigenvalue weighted by atomic mass is 16.7. The number of anilines is 1. The van der Waals surface area contributed by atoms with E-state index in [4.69, 9.17) is 5.73 Å². The number of rotatable bonds is 6. The van der Waals surface area contributed by atoms with Crippen LogP contribution in [-0.4, -0.2) is 41.9 Å². The fraction of sp³-hybridized carbons (Fsp3) is 0.400. The van der Waals surface area contributed by atoms with Crippen LogP contribution < -0.4 is 16.2 Å². The summed E-state index contributed by atoms with van der Waals surface area (Å²) in [6, 6.07) is 4.80. The van der Waals surface area contributed by atoms with Crippen LogP contribution >= 0.6 is 0 Å². The Morgan fingerprint density at radius 3 is 1.68 bits per heavy atom. The van der Waals surface area contributed by atoms with Gasteiger partial charge in [-0.05, 0) is 18.6 Å². The number of benzene rings is 1. The van der Waals surface area contributed by atoms with Gasteiger partial charge in [-0.3, -0.25) is 50.6 Å². The fourth-order valence-electron chi connectivity index (χ4n) is 2.95. The lowest BCUT2D eigenvalue weighted by Gasteiger charge is -2.24. The molecule has 1 atom stereocenters. The highest BCUT2D eigenvalue weighted by Gasteiger charge is 3.08. The smallest absolute Gasteiger partial charge is 0.261 e. The zero-order chi connectivity index (χ0) is 21.7. The second kappa shape index (κ2) is 5.99. The number of hydrazine groups is 1. The Morgan fingerprint density at radius 2 is 1.32 bits per heavy atom. The molecule has 18 heteroatoms. The third kappa shape index (κ3) is 1.97. The summed E-state index contributed by atoms with van der Waals surface area (Å²) in [6.07, 6.45) is 0. The second-order valence-electron chi connectivity index (χ2n) is 5.59. The van der Waals surface area contributed by atoms with Crippen molar-refractivity contribution < 1.29 is 24.6 Å². The first-order valence-corrected chi connectivity index (χ1v) is 6.98. The van der Waals surface area contributed by atoms with Crippen LogP contribution in [0.3, 0.4) is 0 Å². The van der Waals surface area contributed by atoms with Crippen LogP contribution in [0.2, 0.25) is 0 Å². The van der Waals surface area contributed by atoms with Crippen molar-refractivity contribution in [3.8, 4) is 0 Å². The van der Waals surface area contributed by atoms with Crippen LogP contribution in [-0.2, 0) is 0 Å². The van der Waals surface area contributed by atoms with Crippen LogP contribution in [0.4, 0.5) is 5.69 Å². The SMILES string of the molecule is Cc1ccccc1N1NC([N+](=O)[O-])([N+](=O)[O-])C(N)([N+](=O)[O-])C1([N+](=O)[O-])[N+](=O)[O-]. The summed E-state index contributed by atoms with van der Waals surface area (Å²) < 4.78 is 0. The zero-order valence-electron chi connectivity index (χ0n) is 13.7. The molecule has 150 valence electrons. The molecule has 1 aromatic carbocycles. The number of nitrogens with zero attached hydrogens (tertiary/aromatic N) is 6. The van der Waals surface area contributed by atoms with E-state index in [0.717, 1.165) is 6.07 Å². The predicted molar refractivity (Wildman–Crippen MR) is 84.1 cm³/mol. The minimum atomic E-state index is -4.48. The summed E-state index contributed by atoms with van der Waals surface area (Å²) >= 11 is 0. The Kier molecular flexibility index (Phi) is 4.33. The molecule has 1 fully saturated rings. The van der Waals surface area contributed by atoms with E-state index >= 15 is 0 Å². The third-order valence-corrected chi connectivity index (χ3v) is 4.30. The summed E-state index contributed by atoms with van der Waals surface area (Å²) in [7, 11) is 0. The van der Waals surface area contributed by atoms with E-state index < -0.39 is 47.5 Å². The molecule has 28 heavy (non-hydrogen) atoms. The first kappa shape index (κ1) is 20.3. The summed E-state index contributed by atoms with van der Waals surface area (Å²) in [5.74, 6) is -8.71. The number of nitrogens with two attached hydrogens (primary N) is 1. The van der Waals surface area contributed by atoms with Gasteiger partial charge in [0, 0.05) is 0 Å². The molecule has 1 saturated heterocycles. The number of nitrogens with one attached hydrogen (secondary N) is 1. The van der Waals surface area contributed by atoms with Crippen molar-refractivity contribution >= 4 is 5.69 Å². The van der Waals surface area contributed by atoms with Crippen molar-refractivity contribution in [2.24, 2.45) is 5.73 Å². The minimum Gasteiger partial charge on any atom is -0.261 e. The van der Waals surface area contributed by atoms with E-state index in [1.165, 1.54) is 30.5 Å². The van der Waals surface area contributed by atoms with Gasteiger partial charge in [0.05, 0.1) is 10.6 Å². The number of aryl methyl sites for hydroxylation is 1. The molecule has 1 unspecified atom stereocenters. The minimum absolute atomic E-state index is 0.0104. The fourth-order valence-corrected chi connectivity index (χ4v) is 2.95. The molecule has 0 saturated carbocycles. The lowest BCUT2D eigenvalue weighted by Crippen LogP contribution is -2.83. The topological polar surface area (TPSA) is 257 Å². The Bertz CT molecular complexity index is 891. The van der Waals surface area contributed by atoms with Gasteiger partial charge in [-0.1, -0.05) is 23.6 Å². The standard InChI is InChI=1S/C10H10N8O10/c1-6-4-2-3-5-7(6)13-10(17(25)26,18(27)28)8(11,14(19)20)9(12-13,15(21)22)16(23)24/h2-5,12H,11H2,1H3. The van der Waals surface area contributed by atoms with E-state index in [1.54, 1.807) is 0 Å². The number of nitro groups is 5. The molecule has 2 rings (SSSR count). The quantitative estimate of drug-likeness (QED) is 0.317. The molecule has 1 aromatic rings. The molecule has 3 N–H and O–H groups in total. The van der Waals surface area contributed by atoms with Crippen molar-refractivity contribution in [2.45, 2.75) is 24.2 Å². The van der Waals surface area contributed by atoms with Crippen LogP contribution in [0, 0.1) is 57.5 Å². The molecule has 0 radical (unpaired) electrons. The molecule has 1 aliphatic heterocycles. The Balaban J connectivity index is 3.11. The molecule has 1 aliphatic rings. The van der Waals surface area contributed by atoms with Gasteiger partial charge in [-0.25, -0.2) is 5.73 Å². The molecular weight excluding hydrogens is 392 g/mol. The molecule has 0 amide bonds. The molecule has 18 nitrogen and oxygen atoms in total. The van der Waals surface area contributed by atoms with Gasteiger partial charge < -0.3 is 0 Å². The summed E-state index contributed by atoms with van der Waals surface area (Å²) in [4.78, 5) is 48.6.